The van der Waals surface area contributed by atoms with Crippen LogP contribution in [0.5, 0.6) is 0 Å². The van der Waals surface area contributed by atoms with Gasteiger partial charge in [-0.3, -0.25) is 0 Å². The second kappa shape index (κ2) is 3.61. The minimum Gasteiger partial charge on any atom is -0.326 e. The summed E-state index contributed by atoms with van der Waals surface area (Å²) in [4.78, 5) is 12.8. The van der Waals surface area contributed by atoms with Gasteiger partial charge >= 0.3 is 0 Å². The second-order valence-corrected chi connectivity index (χ2v) is 3.08. The molecule has 0 saturated carbocycles. The Morgan fingerprint density at radius 1 is 1.43 bits per heavy atom. The number of fused-ring (bicyclic) bond motifs is 1. The molecule has 0 atom stereocenters. The van der Waals surface area contributed by atoms with Crippen LogP contribution in [0.3, 0.4) is 0 Å². The van der Waals surface area contributed by atoms with Crippen LogP contribution in [0, 0.1) is 0 Å². The Labute approximate surface area is 82.2 Å². The van der Waals surface area contributed by atoms with Crippen molar-refractivity contribution in [3.63, 3.8) is 0 Å². The first kappa shape index (κ1) is 8.93. The van der Waals surface area contributed by atoms with Crippen LogP contribution in [0.25, 0.3) is 11.2 Å². The molecule has 5 heteroatoms. The number of aryl methyl sites for hydroxylation is 1. The van der Waals surface area contributed by atoms with Gasteiger partial charge in [0.1, 0.15) is 17.7 Å². The first-order valence-corrected chi connectivity index (χ1v) is 4.72. The van der Waals surface area contributed by atoms with E-state index in [2.05, 4.69) is 27.3 Å². The van der Waals surface area contributed by atoms with Crippen LogP contribution in [0.4, 0.5) is 0 Å². The Hall–Kier alpha value is -1.65. The highest BCUT2D eigenvalue weighted by Crippen LogP contribution is 2.07. The number of hydrogen-bond donors (Lipinski definition) is 1. The van der Waals surface area contributed by atoms with Gasteiger partial charge in [0.2, 0.25) is 0 Å². The smallest absolute Gasteiger partial charge is 0.182 e. The summed E-state index contributed by atoms with van der Waals surface area (Å²) in [5, 5.41) is 0. The topological polar surface area (TPSA) is 55.6 Å². The third-order valence-electron chi connectivity index (χ3n) is 2.05. The number of aromatic nitrogens is 4. The molecule has 14 heavy (non-hydrogen) atoms. The van der Waals surface area contributed by atoms with E-state index in [0.717, 1.165) is 29.8 Å². The predicted molar refractivity (Wildman–Crippen MR) is 54.6 cm³/mol. The molecule has 0 spiro atoms. The largest absolute Gasteiger partial charge is 0.326 e. The van der Waals surface area contributed by atoms with E-state index in [1.54, 1.807) is 17.2 Å². The van der Waals surface area contributed by atoms with Gasteiger partial charge in [0.15, 0.2) is 5.65 Å². The highest BCUT2D eigenvalue weighted by molar-refractivity contribution is 5.69. The number of rotatable bonds is 3. The first-order chi connectivity index (χ1) is 6.85. The summed E-state index contributed by atoms with van der Waals surface area (Å²) in [7, 11) is 1.84. The first-order valence-electron chi connectivity index (χ1n) is 4.72. The Morgan fingerprint density at radius 2 is 2.29 bits per heavy atom. The van der Waals surface area contributed by atoms with Gasteiger partial charge in [0, 0.05) is 13.5 Å². The predicted octanol–water partition coefficient (Wildman–Crippen LogP) is 0.952. The van der Waals surface area contributed by atoms with Crippen molar-refractivity contribution in [2.45, 2.75) is 19.8 Å². The van der Waals surface area contributed by atoms with E-state index in [4.69, 9.17) is 0 Å². The molecule has 0 aliphatic heterocycles. The molecule has 0 unspecified atom stereocenters. The van der Waals surface area contributed by atoms with Gasteiger partial charge in [-0.25, -0.2) is 19.6 Å². The SMILES string of the molecule is CCCc1ncc2ncn(NC)c2n1. The van der Waals surface area contributed by atoms with Crippen molar-refractivity contribution in [1.82, 2.24) is 19.6 Å². The highest BCUT2D eigenvalue weighted by Gasteiger charge is 2.04. The molecular weight excluding hydrogens is 178 g/mol. The number of nitrogens with zero attached hydrogens (tertiary/aromatic N) is 4. The van der Waals surface area contributed by atoms with Gasteiger partial charge in [-0.05, 0) is 6.42 Å². The maximum Gasteiger partial charge on any atom is 0.182 e. The van der Waals surface area contributed by atoms with Crippen LogP contribution in [-0.4, -0.2) is 26.7 Å². The fourth-order valence-corrected chi connectivity index (χ4v) is 1.35. The molecule has 0 aromatic carbocycles. The van der Waals surface area contributed by atoms with Crippen LogP contribution >= 0.6 is 0 Å². The molecule has 0 saturated heterocycles. The van der Waals surface area contributed by atoms with E-state index in [9.17, 15) is 0 Å². The molecule has 5 nitrogen and oxygen atoms in total. The lowest BCUT2D eigenvalue weighted by Crippen LogP contribution is -2.08. The average Bonchev–Trinajstić information content (AvgIpc) is 2.60. The van der Waals surface area contributed by atoms with Crippen LogP contribution in [0.2, 0.25) is 0 Å². The average molecular weight is 191 g/mol. The molecule has 2 heterocycles. The third kappa shape index (κ3) is 1.41. The molecule has 2 rings (SSSR count). The van der Waals surface area contributed by atoms with Crippen molar-refractivity contribution in [2.75, 3.05) is 12.5 Å². The van der Waals surface area contributed by atoms with Crippen molar-refractivity contribution in [3.05, 3.63) is 18.3 Å². The van der Waals surface area contributed by atoms with Gasteiger partial charge in [0.25, 0.3) is 0 Å². The Morgan fingerprint density at radius 3 is 3.00 bits per heavy atom. The monoisotopic (exact) mass is 191 g/mol. The molecule has 0 aliphatic rings. The van der Waals surface area contributed by atoms with E-state index < -0.39 is 0 Å². The fraction of sp³-hybridized carbons (Fsp3) is 0.444. The number of imidazole rings is 1. The maximum absolute atomic E-state index is 4.42. The van der Waals surface area contributed by atoms with Crippen LogP contribution in [0.1, 0.15) is 19.2 Å². The Bertz CT molecular complexity index is 434. The van der Waals surface area contributed by atoms with E-state index >= 15 is 0 Å². The molecule has 0 bridgehead atoms. The van der Waals surface area contributed by atoms with Gasteiger partial charge in [-0.2, -0.15) is 0 Å². The summed E-state index contributed by atoms with van der Waals surface area (Å²) in [6.07, 6.45) is 5.43. The van der Waals surface area contributed by atoms with E-state index in [0.29, 0.717) is 0 Å². The molecule has 0 radical (unpaired) electrons. The maximum atomic E-state index is 4.42. The molecule has 74 valence electrons. The number of nitrogens with one attached hydrogen (secondary N) is 1. The lowest BCUT2D eigenvalue weighted by molar-refractivity contribution is 0.833. The zero-order valence-electron chi connectivity index (χ0n) is 8.36. The third-order valence-corrected chi connectivity index (χ3v) is 2.05. The Balaban J connectivity index is 2.50. The molecule has 0 amide bonds. The summed E-state index contributed by atoms with van der Waals surface area (Å²) < 4.78 is 1.79. The van der Waals surface area contributed by atoms with Crippen molar-refractivity contribution >= 4 is 11.2 Å². The van der Waals surface area contributed by atoms with Gasteiger partial charge in [0.05, 0.1) is 6.20 Å². The molecule has 1 N–H and O–H groups in total. The van der Waals surface area contributed by atoms with E-state index in [1.807, 2.05) is 7.05 Å². The summed E-state index contributed by atoms with van der Waals surface area (Å²) in [5.74, 6) is 0.872. The molecule has 0 aliphatic carbocycles. The van der Waals surface area contributed by atoms with Crippen LogP contribution in [-0.2, 0) is 6.42 Å². The fourth-order valence-electron chi connectivity index (χ4n) is 1.35. The summed E-state index contributed by atoms with van der Waals surface area (Å²) in [5.41, 5.74) is 4.64. The normalized spacial score (nSPS) is 10.7. The standard InChI is InChI=1S/C9H13N5/c1-3-4-8-11-5-7-9(13-8)14(10-2)6-12-7/h5-6,10H,3-4H2,1-2H3. The summed E-state index contributed by atoms with van der Waals surface area (Å²) in [6, 6.07) is 0. The molecule has 0 fully saturated rings. The van der Waals surface area contributed by atoms with Crippen molar-refractivity contribution < 1.29 is 0 Å². The van der Waals surface area contributed by atoms with E-state index in [-0.39, 0.29) is 0 Å². The Kier molecular flexibility index (Phi) is 2.30. The van der Waals surface area contributed by atoms with Gasteiger partial charge < -0.3 is 5.43 Å². The molecule has 2 aromatic rings. The van der Waals surface area contributed by atoms with Gasteiger partial charge in [-0.1, -0.05) is 6.92 Å². The van der Waals surface area contributed by atoms with E-state index in [1.165, 1.54) is 0 Å². The summed E-state index contributed by atoms with van der Waals surface area (Å²) in [6.45, 7) is 2.11. The van der Waals surface area contributed by atoms with Crippen molar-refractivity contribution in [2.24, 2.45) is 0 Å². The van der Waals surface area contributed by atoms with Crippen molar-refractivity contribution in [1.29, 1.82) is 0 Å². The quantitative estimate of drug-likeness (QED) is 0.784. The minimum atomic E-state index is 0.819. The van der Waals surface area contributed by atoms with Crippen molar-refractivity contribution in [3.8, 4) is 0 Å². The van der Waals surface area contributed by atoms with Crippen LogP contribution < -0.4 is 5.43 Å². The number of hydrogen-bond acceptors (Lipinski definition) is 4. The van der Waals surface area contributed by atoms with Crippen LogP contribution in [0.15, 0.2) is 12.5 Å². The molecular formula is C9H13N5. The second-order valence-electron chi connectivity index (χ2n) is 3.08. The summed E-state index contributed by atoms with van der Waals surface area (Å²) >= 11 is 0. The zero-order chi connectivity index (χ0) is 9.97. The minimum absolute atomic E-state index is 0.819. The zero-order valence-corrected chi connectivity index (χ0v) is 8.36. The molecule has 2 aromatic heterocycles. The lowest BCUT2D eigenvalue weighted by Gasteiger charge is -2.01. The lowest BCUT2D eigenvalue weighted by atomic mass is 10.3. The van der Waals surface area contributed by atoms with Gasteiger partial charge in [-0.15, -0.1) is 0 Å². The highest BCUT2D eigenvalue weighted by atomic mass is 15.4.